The quantitative estimate of drug-likeness (QED) is 0.855. The van der Waals surface area contributed by atoms with Crippen LogP contribution in [0.15, 0.2) is 24.4 Å². The van der Waals surface area contributed by atoms with Gasteiger partial charge in [-0.3, -0.25) is 4.98 Å². The highest BCUT2D eigenvalue weighted by atomic mass is 16.5. The Morgan fingerprint density at radius 3 is 2.89 bits per heavy atom. The normalized spacial score (nSPS) is 26.3. The molecule has 19 heavy (non-hydrogen) atoms. The predicted molar refractivity (Wildman–Crippen MR) is 78.3 cm³/mol. The molecule has 0 aliphatic carbocycles. The molecular formula is C16H26N2O. The molecule has 3 nitrogen and oxygen atoms in total. The lowest BCUT2D eigenvalue weighted by atomic mass is 9.82. The van der Waals surface area contributed by atoms with Crippen molar-refractivity contribution < 1.29 is 4.74 Å². The van der Waals surface area contributed by atoms with Crippen molar-refractivity contribution >= 4 is 0 Å². The van der Waals surface area contributed by atoms with Crippen molar-refractivity contribution in [2.75, 3.05) is 13.2 Å². The number of aromatic nitrogens is 1. The fourth-order valence-electron chi connectivity index (χ4n) is 3.08. The molecule has 1 aliphatic heterocycles. The van der Waals surface area contributed by atoms with Gasteiger partial charge >= 0.3 is 0 Å². The van der Waals surface area contributed by atoms with Gasteiger partial charge in [0.2, 0.25) is 0 Å². The highest BCUT2D eigenvalue weighted by Crippen LogP contribution is 2.35. The van der Waals surface area contributed by atoms with Crippen molar-refractivity contribution in [3.8, 4) is 0 Å². The van der Waals surface area contributed by atoms with Gasteiger partial charge in [-0.25, -0.2) is 0 Å². The highest BCUT2D eigenvalue weighted by molar-refractivity contribution is 5.14. The molecule has 1 fully saturated rings. The van der Waals surface area contributed by atoms with Gasteiger partial charge in [0.15, 0.2) is 0 Å². The number of hydrogen-bond acceptors (Lipinski definition) is 3. The van der Waals surface area contributed by atoms with Crippen LogP contribution in [0.4, 0.5) is 0 Å². The van der Waals surface area contributed by atoms with Crippen molar-refractivity contribution in [3.63, 3.8) is 0 Å². The van der Waals surface area contributed by atoms with Crippen LogP contribution in [0.1, 0.15) is 51.6 Å². The van der Waals surface area contributed by atoms with Gasteiger partial charge in [-0.1, -0.05) is 19.9 Å². The van der Waals surface area contributed by atoms with Gasteiger partial charge < -0.3 is 10.1 Å². The third kappa shape index (κ3) is 3.34. The maximum Gasteiger partial charge on any atom is 0.0814 e. The van der Waals surface area contributed by atoms with Crippen molar-refractivity contribution in [1.82, 2.24) is 10.3 Å². The Balaban J connectivity index is 2.17. The maximum absolute atomic E-state index is 6.05. The highest BCUT2D eigenvalue weighted by Gasteiger charge is 2.41. The molecule has 3 unspecified atom stereocenters. The first kappa shape index (κ1) is 14.5. The summed E-state index contributed by atoms with van der Waals surface area (Å²) in [4.78, 5) is 4.51. The van der Waals surface area contributed by atoms with Crippen LogP contribution in [0.2, 0.25) is 0 Å². The number of rotatable bonds is 6. The summed E-state index contributed by atoms with van der Waals surface area (Å²) in [5.41, 5.74) is 1.08. The van der Waals surface area contributed by atoms with Crippen LogP contribution in [0.25, 0.3) is 0 Å². The molecule has 1 aromatic heterocycles. The van der Waals surface area contributed by atoms with Gasteiger partial charge in [0.1, 0.15) is 0 Å². The minimum Gasteiger partial charge on any atom is -0.374 e. The first-order valence-electron chi connectivity index (χ1n) is 7.45. The smallest absolute Gasteiger partial charge is 0.0814 e. The van der Waals surface area contributed by atoms with Crippen LogP contribution >= 0.6 is 0 Å². The molecule has 1 N–H and O–H groups in total. The minimum atomic E-state index is -0.0634. The summed E-state index contributed by atoms with van der Waals surface area (Å²) in [5, 5.41) is 3.69. The van der Waals surface area contributed by atoms with E-state index in [4.69, 9.17) is 4.74 Å². The van der Waals surface area contributed by atoms with E-state index < -0.39 is 0 Å². The summed E-state index contributed by atoms with van der Waals surface area (Å²) in [5.74, 6) is 0.357. The van der Waals surface area contributed by atoms with Gasteiger partial charge in [-0.15, -0.1) is 0 Å². The number of pyridine rings is 1. The summed E-state index contributed by atoms with van der Waals surface area (Å²) >= 11 is 0. The van der Waals surface area contributed by atoms with E-state index in [0.717, 1.165) is 38.1 Å². The molecule has 0 spiro atoms. The minimum absolute atomic E-state index is 0.0634. The molecule has 0 amide bonds. The molecule has 2 rings (SSSR count). The summed E-state index contributed by atoms with van der Waals surface area (Å²) in [7, 11) is 0. The summed E-state index contributed by atoms with van der Waals surface area (Å²) in [6.07, 6.45) is 5.31. The first-order valence-corrected chi connectivity index (χ1v) is 7.45. The Kier molecular flexibility index (Phi) is 4.94. The van der Waals surface area contributed by atoms with E-state index in [-0.39, 0.29) is 5.60 Å². The molecule has 1 aromatic rings. The second kappa shape index (κ2) is 6.49. The van der Waals surface area contributed by atoms with E-state index in [1.54, 1.807) is 0 Å². The van der Waals surface area contributed by atoms with Gasteiger partial charge in [0, 0.05) is 30.5 Å². The Hall–Kier alpha value is -0.930. The maximum atomic E-state index is 6.05. The van der Waals surface area contributed by atoms with Gasteiger partial charge in [0.05, 0.1) is 5.60 Å². The summed E-state index contributed by atoms with van der Waals surface area (Å²) in [6.45, 7) is 8.61. The number of ether oxygens (including phenoxy) is 1. The SMILES string of the molecule is CCCNC(C(C)c1ccccn1)C1(C)CCCO1. The monoisotopic (exact) mass is 262 g/mol. The average molecular weight is 262 g/mol. The molecule has 106 valence electrons. The predicted octanol–water partition coefficient (Wildman–Crippen LogP) is 3.12. The lowest BCUT2D eigenvalue weighted by Gasteiger charge is -2.38. The second-order valence-electron chi connectivity index (χ2n) is 5.74. The Morgan fingerprint density at radius 1 is 1.47 bits per heavy atom. The third-order valence-electron chi connectivity index (χ3n) is 4.18. The largest absolute Gasteiger partial charge is 0.374 e. The lowest BCUT2D eigenvalue weighted by molar-refractivity contribution is -0.0181. The van der Waals surface area contributed by atoms with Crippen LogP contribution in [0, 0.1) is 0 Å². The van der Waals surface area contributed by atoms with Gasteiger partial charge in [-0.05, 0) is 44.9 Å². The van der Waals surface area contributed by atoms with E-state index >= 15 is 0 Å². The van der Waals surface area contributed by atoms with Crippen LogP contribution < -0.4 is 5.32 Å². The van der Waals surface area contributed by atoms with Crippen LogP contribution in [-0.4, -0.2) is 29.8 Å². The number of hydrogen-bond donors (Lipinski definition) is 1. The van der Waals surface area contributed by atoms with E-state index in [0.29, 0.717) is 12.0 Å². The van der Waals surface area contributed by atoms with E-state index in [2.05, 4.69) is 43.2 Å². The van der Waals surface area contributed by atoms with E-state index in [9.17, 15) is 0 Å². The topological polar surface area (TPSA) is 34.2 Å². The zero-order valence-electron chi connectivity index (χ0n) is 12.4. The molecule has 3 atom stereocenters. The molecule has 2 heterocycles. The van der Waals surface area contributed by atoms with Gasteiger partial charge in [0.25, 0.3) is 0 Å². The van der Waals surface area contributed by atoms with Crippen molar-refractivity contribution in [2.24, 2.45) is 0 Å². The second-order valence-corrected chi connectivity index (χ2v) is 5.74. The van der Waals surface area contributed by atoms with Crippen LogP contribution in [-0.2, 0) is 4.74 Å². The van der Waals surface area contributed by atoms with Crippen molar-refractivity contribution in [1.29, 1.82) is 0 Å². The molecule has 3 heteroatoms. The van der Waals surface area contributed by atoms with Crippen LogP contribution in [0.3, 0.4) is 0 Å². The molecule has 1 saturated heterocycles. The van der Waals surface area contributed by atoms with Crippen LogP contribution in [0.5, 0.6) is 0 Å². The molecule has 1 aliphatic rings. The zero-order chi connectivity index (χ0) is 13.7. The molecule has 0 bridgehead atoms. The summed E-state index contributed by atoms with van der Waals surface area (Å²) in [6, 6.07) is 6.47. The number of nitrogens with one attached hydrogen (secondary N) is 1. The Labute approximate surface area is 116 Å². The molecule has 0 radical (unpaired) electrons. The number of nitrogens with zero attached hydrogens (tertiary/aromatic N) is 1. The first-order chi connectivity index (χ1) is 9.17. The lowest BCUT2D eigenvalue weighted by Crippen LogP contribution is -2.51. The fraction of sp³-hybridized carbons (Fsp3) is 0.688. The van der Waals surface area contributed by atoms with Crippen molar-refractivity contribution in [2.45, 2.75) is 57.6 Å². The van der Waals surface area contributed by atoms with E-state index in [1.807, 2.05) is 12.3 Å². The summed E-state index contributed by atoms with van der Waals surface area (Å²) < 4.78 is 6.05. The average Bonchev–Trinajstić information content (AvgIpc) is 2.87. The molecular weight excluding hydrogens is 236 g/mol. The molecule has 0 saturated carbocycles. The fourth-order valence-corrected chi connectivity index (χ4v) is 3.08. The van der Waals surface area contributed by atoms with Gasteiger partial charge in [-0.2, -0.15) is 0 Å². The molecule has 0 aromatic carbocycles. The third-order valence-corrected chi connectivity index (χ3v) is 4.18. The van der Waals surface area contributed by atoms with E-state index in [1.165, 1.54) is 0 Å². The Morgan fingerprint density at radius 2 is 2.32 bits per heavy atom. The zero-order valence-corrected chi connectivity index (χ0v) is 12.4. The Bertz CT molecular complexity index is 374. The van der Waals surface area contributed by atoms with Crippen molar-refractivity contribution in [3.05, 3.63) is 30.1 Å². The standard InChI is InChI=1S/C16H26N2O/c1-4-10-18-15(16(3)9-7-12-19-16)13(2)14-8-5-6-11-17-14/h5-6,8,11,13,15,18H,4,7,9-10,12H2,1-3H3.